The maximum Gasteiger partial charge on any atom is 0.340 e. The van der Waals surface area contributed by atoms with Gasteiger partial charge in [-0.15, -0.1) is 0 Å². The summed E-state index contributed by atoms with van der Waals surface area (Å²) in [6.45, 7) is 0.490. The molecule has 0 aliphatic rings. The average molecular weight is 411 g/mol. The van der Waals surface area contributed by atoms with Crippen molar-refractivity contribution in [2.45, 2.75) is 6.61 Å². The number of fused-ring (bicyclic) bond motifs is 3. The number of benzene rings is 2. The standard InChI is InChI=1S/C20H15BrN2O3/c1-25-20(24)15-10-17(21)23-18-14-8-7-13(9-16(14)22-19(15)18)26-11-12-5-3-2-4-6-12/h2-10,22H,11H2,1H3. The number of carbonyl (C=O) groups excluding carboxylic acids is 1. The van der Waals surface area contributed by atoms with Crippen molar-refractivity contribution < 1.29 is 14.3 Å². The van der Waals surface area contributed by atoms with Gasteiger partial charge in [0.05, 0.1) is 29.2 Å². The number of nitrogens with one attached hydrogen (secondary N) is 1. The van der Waals surface area contributed by atoms with Crippen molar-refractivity contribution in [3.63, 3.8) is 0 Å². The van der Waals surface area contributed by atoms with Gasteiger partial charge in [-0.25, -0.2) is 9.78 Å². The molecule has 2 aromatic heterocycles. The predicted molar refractivity (Wildman–Crippen MR) is 103 cm³/mol. The zero-order valence-corrected chi connectivity index (χ0v) is 15.5. The molecule has 1 N–H and O–H groups in total. The topological polar surface area (TPSA) is 64.2 Å². The lowest BCUT2D eigenvalue weighted by Crippen LogP contribution is -2.02. The smallest absolute Gasteiger partial charge is 0.340 e. The van der Waals surface area contributed by atoms with Crippen LogP contribution < -0.4 is 4.74 Å². The third kappa shape index (κ3) is 3.04. The maximum atomic E-state index is 12.1. The summed E-state index contributed by atoms with van der Waals surface area (Å²) in [5.41, 5.74) is 3.75. The van der Waals surface area contributed by atoms with E-state index in [1.807, 2.05) is 48.5 Å². The van der Waals surface area contributed by atoms with Crippen LogP contribution in [0.15, 0.2) is 59.2 Å². The number of esters is 1. The van der Waals surface area contributed by atoms with Gasteiger partial charge in [-0.2, -0.15) is 0 Å². The molecule has 130 valence electrons. The van der Waals surface area contributed by atoms with Crippen molar-refractivity contribution in [1.29, 1.82) is 0 Å². The molecule has 0 aliphatic carbocycles. The fourth-order valence-electron chi connectivity index (χ4n) is 2.90. The molecule has 0 atom stereocenters. The lowest BCUT2D eigenvalue weighted by atomic mass is 10.2. The second-order valence-corrected chi connectivity index (χ2v) is 6.63. The van der Waals surface area contributed by atoms with Crippen LogP contribution in [0.5, 0.6) is 5.75 Å². The Balaban J connectivity index is 1.74. The Kier molecular flexibility index (Phi) is 4.34. The van der Waals surface area contributed by atoms with E-state index in [0.717, 1.165) is 22.2 Å². The first kappa shape index (κ1) is 16.6. The van der Waals surface area contributed by atoms with Crippen molar-refractivity contribution >= 4 is 43.8 Å². The second kappa shape index (κ2) is 6.80. The number of H-pyrrole nitrogens is 1. The fraction of sp³-hybridized carbons (Fsp3) is 0.100. The highest BCUT2D eigenvalue weighted by atomic mass is 79.9. The lowest BCUT2D eigenvalue weighted by molar-refractivity contribution is 0.0602. The molecule has 6 heteroatoms. The van der Waals surface area contributed by atoms with Gasteiger partial charge in [0.15, 0.2) is 0 Å². The number of pyridine rings is 1. The number of carbonyl (C=O) groups is 1. The Bertz CT molecular complexity index is 1110. The number of hydrogen-bond donors (Lipinski definition) is 1. The van der Waals surface area contributed by atoms with E-state index in [4.69, 9.17) is 9.47 Å². The average Bonchev–Trinajstić information content (AvgIpc) is 3.03. The maximum absolute atomic E-state index is 12.1. The Morgan fingerprint density at radius 3 is 2.73 bits per heavy atom. The van der Waals surface area contributed by atoms with Crippen LogP contribution in [0.4, 0.5) is 0 Å². The summed E-state index contributed by atoms with van der Waals surface area (Å²) < 4.78 is 11.3. The molecule has 5 nitrogen and oxygen atoms in total. The largest absolute Gasteiger partial charge is 0.489 e. The van der Waals surface area contributed by atoms with E-state index >= 15 is 0 Å². The highest BCUT2D eigenvalue weighted by Crippen LogP contribution is 2.31. The second-order valence-electron chi connectivity index (χ2n) is 5.81. The van der Waals surface area contributed by atoms with E-state index in [1.165, 1.54) is 7.11 Å². The van der Waals surface area contributed by atoms with Crippen LogP contribution in [-0.4, -0.2) is 23.0 Å². The number of nitrogens with zero attached hydrogens (tertiary/aromatic N) is 1. The summed E-state index contributed by atoms with van der Waals surface area (Å²) in [5, 5.41) is 0.915. The number of rotatable bonds is 4. The first-order chi connectivity index (χ1) is 12.7. The molecule has 0 amide bonds. The number of ether oxygens (including phenoxy) is 2. The predicted octanol–water partition coefficient (Wildman–Crippen LogP) is 4.84. The molecule has 4 aromatic rings. The van der Waals surface area contributed by atoms with Crippen LogP contribution in [0.2, 0.25) is 0 Å². The number of methoxy groups -OCH3 is 1. The summed E-state index contributed by atoms with van der Waals surface area (Å²) in [6.07, 6.45) is 0. The van der Waals surface area contributed by atoms with Crippen molar-refractivity contribution in [2.75, 3.05) is 7.11 Å². The molecule has 0 spiro atoms. The van der Waals surface area contributed by atoms with Gasteiger partial charge >= 0.3 is 5.97 Å². The minimum absolute atomic E-state index is 0.412. The molecule has 0 unspecified atom stereocenters. The molecule has 4 rings (SSSR count). The number of aromatic nitrogens is 2. The van der Waals surface area contributed by atoms with E-state index < -0.39 is 5.97 Å². The van der Waals surface area contributed by atoms with E-state index in [-0.39, 0.29) is 0 Å². The highest BCUT2D eigenvalue weighted by Gasteiger charge is 2.17. The minimum Gasteiger partial charge on any atom is -0.489 e. The van der Waals surface area contributed by atoms with E-state index in [9.17, 15) is 4.79 Å². The van der Waals surface area contributed by atoms with Crippen LogP contribution in [0, 0.1) is 0 Å². The van der Waals surface area contributed by atoms with Crippen LogP contribution in [-0.2, 0) is 11.3 Å². The molecule has 2 aromatic carbocycles. The highest BCUT2D eigenvalue weighted by molar-refractivity contribution is 9.10. The molecule has 0 bridgehead atoms. The monoisotopic (exact) mass is 410 g/mol. The molecule has 0 aliphatic heterocycles. The zero-order chi connectivity index (χ0) is 18.1. The third-order valence-corrected chi connectivity index (χ3v) is 4.55. The van der Waals surface area contributed by atoms with E-state index in [1.54, 1.807) is 6.07 Å². The number of aromatic amines is 1. The molecular weight excluding hydrogens is 396 g/mol. The Morgan fingerprint density at radius 1 is 1.15 bits per heavy atom. The molecule has 0 saturated carbocycles. The molecule has 2 heterocycles. The van der Waals surface area contributed by atoms with Crippen molar-refractivity contribution in [3.05, 3.63) is 70.3 Å². The van der Waals surface area contributed by atoms with Gasteiger partial charge in [-0.1, -0.05) is 30.3 Å². The molecule has 0 saturated heterocycles. The first-order valence-corrected chi connectivity index (χ1v) is 8.82. The van der Waals surface area contributed by atoms with Gasteiger partial charge in [0, 0.05) is 11.5 Å². The van der Waals surface area contributed by atoms with Crippen molar-refractivity contribution in [1.82, 2.24) is 9.97 Å². The van der Waals surface area contributed by atoms with Gasteiger partial charge in [0.1, 0.15) is 17.0 Å². The Hall–Kier alpha value is -2.86. The minimum atomic E-state index is -0.412. The molecule has 0 radical (unpaired) electrons. The van der Waals surface area contributed by atoms with Gasteiger partial charge < -0.3 is 14.5 Å². The summed E-state index contributed by atoms with van der Waals surface area (Å²) in [6, 6.07) is 17.4. The van der Waals surface area contributed by atoms with Gasteiger partial charge in [-0.3, -0.25) is 0 Å². The summed E-state index contributed by atoms with van der Waals surface area (Å²) in [5.74, 6) is 0.330. The Labute approximate surface area is 158 Å². The summed E-state index contributed by atoms with van der Waals surface area (Å²) >= 11 is 3.36. The summed E-state index contributed by atoms with van der Waals surface area (Å²) in [7, 11) is 1.36. The molecular formula is C20H15BrN2O3. The van der Waals surface area contributed by atoms with Crippen LogP contribution >= 0.6 is 15.9 Å². The normalized spacial score (nSPS) is 11.0. The van der Waals surface area contributed by atoms with Gasteiger partial charge in [-0.05, 0) is 39.7 Å². The fourth-order valence-corrected chi connectivity index (χ4v) is 3.31. The van der Waals surface area contributed by atoms with Crippen molar-refractivity contribution in [3.8, 4) is 5.75 Å². The SMILES string of the molecule is COC(=O)c1cc(Br)nc2c1[nH]c1cc(OCc3ccccc3)ccc12. The van der Waals surface area contributed by atoms with E-state index in [0.29, 0.717) is 27.8 Å². The molecule has 26 heavy (non-hydrogen) atoms. The lowest BCUT2D eigenvalue weighted by Gasteiger charge is -2.06. The third-order valence-electron chi connectivity index (χ3n) is 4.15. The van der Waals surface area contributed by atoms with Gasteiger partial charge in [0.25, 0.3) is 0 Å². The Morgan fingerprint density at radius 2 is 1.96 bits per heavy atom. The van der Waals surface area contributed by atoms with Crippen LogP contribution in [0.25, 0.3) is 21.9 Å². The quantitative estimate of drug-likeness (QED) is 0.386. The van der Waals surface area contributed by atoms with E-state index in [2.05, 4.69) is 25.9 Å². The number of hydrogen-bond acceptors (Lipinski definition) is 4. The molecule has 0 fully saturated rings. The van der Waals surface area contributed by atoms with Crippen molar-refractivity contribution in [2.24, 2.45) is 0 Å². The number of halogens is 1. The summed E-state index contributed by atoms with van der Waals surface area (Å²) in [4.78, 5) is 19.8. The first-order valence-electron chi connectivity index (χ1n) is 8.03. The van der Waals surface area contributed by atoms with Crippen LogP contribution in [0.1, 0.15) is 15.9 Å². The van der Waals surface area contributed by atoms with Gasteiger partial charge in [0.2, 0.25) is 0 Å². The van der Waals surface area contributed by atoms with Crippen LogP contribution in [0.3, 0.4) is 0 Å². The zero-order valence-electron chi connectivity index (χ0n) is 14.0.